The predicted octanol–water partition coefficient (Wildman–Crippen LogP) is 2.29. The molecule has 0 amide bonds. The van der Waals surface area contributed by atoms with E-state index >= 15 is 0 Å². The maximum absolute atomic E-state index is 5.45. The minimum absolute atomic E-state index is 0.869. The second-order valence-electron chi connectivity index (χ2n) is 4.54. The Balaban J connectivity index is 1.82. The van der Waals surface area contributed by atoms with Crippen LogP contribution in [-0.4, -0.2) is 19.6 Å². The second-order valence-corrected chi connectivity index (χ2v) is 4.54. The number of nitrogens with one attached hydrogen (secondary N) is 1. The quantitative estimate of drug-likeness (QED) is 0.616. The van der Waals surface area contributed by atoms with Crippen molar-refractivity contribution in [3.8, 4) is 0 Å². The molecule has 0 radical (unpaired) electrons. The van der Waals surface area contributed by atoms with Gasteiger partial charge in [0, 0.05) is 0 Å². The first kappa shape index (κ1) is 12.0. The fourth-order valence-electron chi connectivity index (χ4n) is 2.28. The highest BCUT2D eigenvalue weighted by Gasteiger charge is 2.11. The maximum Gasteiger partial charge on any atom is -0.00463 e. The van der Waals surface area contributed by atoms with Crippen LogP contribution in [0.2, 0.25) is 0 Å². The summed E-state index contributed by atoms with van der Waals surface area (Å²) in [5, 5.41) is 3.42. The predicted molar refractivity (Wildman–Crippen MR) is 62.4 cm³/mol. The van der Waals surface area contributed by atoms with Crippen molar-refractivity contribution in [3.05, 3.63) is 0 Å². The van der Waals surface area contributed by atoms with Gasteiger partial charge in [0.15, 0.2) is 0 Å². The van der Waals surface area contributed by atoms with Crippen LogP contribution in [0.1, 0.15) is 51.4 Å². The van der Waals surface area contributed by atoms with Gasteiger partial charge in [0.05, 0.1) is 0 Å². The standard InChI is InChI=1S/C12H26N2/c13-9-5-3-1-2-4-6-12-7-10-14-11-8-12/h12,14H,1-11,13H2. The van der Waals surface area contributed by atoms with Crippen molar-refractivity contribution >= 4 is 0 Å². The zero-order valence-corrected chi connectivity index (χ0v) is 9.43. The summed E-state index contributed by atoms with van der Waals surface area (Å²) in [5.41, 5.74) is 5.45. The third-order valence-electron chi connectivity index (χ3n) is 3.28. The first-order valence-electron chi connectivity index (χ1n) is 6.34. The topological polar surface area (TPSA) is 38.0 Å². The van der Waals surface area contributed by atoms with Gasteiger partial charge in [-0.2, -0.15) is 0 Å². The Bertz CT molecular complexity index is 119. The summed E-state index contributed by atoms with van der Waals surface area (Å²) >= 11 is 0. The Morgan fingerprint density at radius 2 is 1.57 bits per heavy atom. The lowest BCUT2D eigenvalue weighted by molar-refractivity contribution is 0.342. The summed E-state index contributed by atoms with van der Waals surface area (Å²) in [4.78, 5) is 0. The molecule has 2 nitrogen and oxygen atoms in total. The van der Waals surface area contributed by atoms with E-state index in [-0.39, 0.29) is 0 Å². The number of unbranched alkanes of at least 4 members (excludes halogenated alkanes) is 4. The van der Waals surface area contributed by atoms with Gasteiger partial charge >= 0.3 is 0 Å². The minimum Gasteiger partial charge on any atom is -0.330 e. The average molecular weight is 198 g/mol. The van der Waals surface area contributed by atoms with Crippen LogP contribution >= 0.6 is 0 Å². The summed E-state index contributed by atoms with van der Waals surface area (Å²) < 4.78 is 0. The Hall–Kier alpha value is -0.0800. The summed E-state index contributed by atoms with van der Waals surface area (Å²) in [6.07, 6.45) is 11.1. The molecular formula is C12H26N2. The van der Waals surface area contributed by atoms with E-state index in [0.29, 0.717) is 0 Å². The van der Waals surface area contributed by atoms with E-state index in [4.69, 9.17) is 5.73 Å². The van der Waals surface area contributed by atoms with E-state index in [1.54, 1.807) is 0 Å². The van der Waals surface area contributed by atoms with Crippen molar-refractivity contribution in [1.29, 1.82) is 0 Å². The number of hydrogen-bond acceptors (Lipinski definition) is 2. The molecule has 84 valence electrons. The van der Waals surface area contributed by atoms with Crippen molar-refractivity contribution in [1.82, 2.24) is 5.32 Å². The molecular weight excluding hydrogens is 172 g/mol. The Morgan fingerprint density at radius 3 is 2.29 bits per heavy atom. The molecule has 0 aromatic rings. The van der Waals surface area contributed by atoms with E-state index in [2.05, 4.69) is 5.32 Å². The van der Waals surface area contributed by atoms with Crippen LogP contribution in [0.25, 0.3) is 0 Å². The molecule has 2 heteroatoms. The molecule has 0 aromatic carbocycles. The molecule has 0 aliphatic carbocycles. The van der Waals surface area contributed by atoms with E-state index < -0.39 is 0 Å². The number of hydrogen-bond donors (Lipinski definition) is 2. The molecule has 0 spiro atoms. The molecule has 1 aliphatic heterocycles. The van der Waals surface area contributed by atoms with Crippen molar-refractivity contribution < 1.29 is 0 Å². The lowest BCUT2D eigenvalue weighted by Gasteiger charge is -2.22. The molecule has 0 aromatic heterocycles. The van der Waals surface area contributed by atoms with Gasteiger partial charge in [-0.3, -0.25) is 0 Å². The third-order valence-corrected chi connectivity index (χ3v) is 3.28. The molecule has 3 N–H and O–H groups in total. The van der Waals surface area contributed by atoms with Crippen molar-refractivity contribution in [3.63, 3.8) is 0 Å². The zero-order valence-electron chi connectivity index (χ0n) is 9.43. The first-order valence-corrected chi connectivity index (χ1v) is 6.34. The van der Waals surface area contributed by atoms with Crippen molar-refractivity contribution in [2.45, 2.75) is 51.4 Å². The number of piperidine rings is 1. The van der Waals surface area contributed by atoms with Crippen LogP contribution in [0.4, 0.5) is 0 Å². The van der Waals surface area contributed by atoms with Crippen molar-refractivity contribution in [2.24, 2.45) is 11.7 Å². The fourth-order valence-corrected chi connectivity index (χ4v) is 2.28. The van der Waals surface area contributed by atoms with E-state index in [1.165, 1.54) is 64.5 Å². The molecule has 1 saturated heterocycles. The van der Waals surface area contributed by atoms with Crippen LogP contribution < -0.4 is 11.1 Å². The lowest BCUT2D eigenvalue weighted by atomic mass is 9.92. The van der Waals surface area contributed by atoms with Gasteiger partial charge < -0.3 is 11.1 Å². The third kappa shape index (κ3) is 5.61. The van der Waals surface area contributed by atoms with Gasteiger partial charge in [-0.25, -0.2) is 0 Å². The molecule has 0 atom stereocenters. The van der Waals surface area contributed by atoms with E-state index in [0.717, 1.165) is 12.5 Å². The smallest absolute Gasteiger partial charge is 0.00463 e. The first-order chi connectivity index (χ1) is 6.93. The molecule has 1 aliphatic rings. The van der Waals surface area contributed by atoms with Gasteiger partial charge in [0.25, 0.3) is 0 Å². The van der Waals surface area contributed by atoms with Crippen LogP contribution in [-0.2, 0) is 0 Å². The van der Waals surface area contributed by atoms with Gasteiger partial charge in [-0.15, -0.1) is 0 Å². The van der Waals surface area contributed by atoms with Crippen LogP contribution in [0.5, 0.6) is 0 Å². The Kier molecular flexibility index (Phi) is 7.06. The van der Waals surface area contributed by atoms with Crippen molar-refractivity contribution in [2.75, 3.05) is 19.6 Å². The summed E-state index contributed by atoms with van der Waals surface area (Å²) in [7, 11) is 0. The molecule has 1 fully saturated rings. The molecule has 0 unspecified atom stereocenters. The normalized spacial score (nSPS) is 18.6. The van der Waals surface area contributed by atoms with Gasteiger partial charge in [0.2, 0.25) is 0 Å². The minimum atomic E-state index is 0.869. The van der Waals surface area contributed by atoms with Crippen LogP contribution in [0.3, 0.4) is 0 Å². The molecule has 0 bridgehead atoms. The summed E-state index contributed by atoms with van der Waals surface area (Å²) in [6.45, 7) is 3.37. The fraction of sp³-hybridized carbons (Fsp3) is 1.00. The number of rotatable bonds is 7. The van der Waals surface area contributed by atoms with Crippen LogP contribution in [0.15, 0.2) is 0 Å². The average Bonchev–Trinajstić information content (AvgIpc) is 2.25. The maximum atomic E-state index is 5.45. The van der Waals surface area contributed by atoms with Gasteiger partial charge in [-0.1, -0.05) is 32.1 Å². The zero-order chi connectivity index (χ0) is 10.1. The van der Waals surface area contributed by atoms with Gasteiger partial charge in [-0.05, 0) is 44.8 Å². The SMILES string of the molecule is NCCCCCCCC1CCNCC1. The molecule has 1 rings (SSSR count). The Labute approximate surface area is 88.6 Å². The van der Waals surface area contributed by atoms with Crippen LogP contribution in [0, 0.1) is 5.92 Å². The molecule has 0 saturated carbocycles. The van der Waals surface area contributed by atoms with Gasteiger partial charge in [0.1, 0.15) is 0 Å². The summed E-state index contributed by atoms with van der Waals surface area (Å²) in [6, 6.07) is 0. The Morgan fingerprint density at radius 1 is 0.929 bits per heavy atom. The highest BCUT2D eigenvalue weighted by atomic mass is 14.9. The largest absolute Gasteiger partial charge is 0.330 e. The summed E-state index contributed by atoms with van der Waals surface area (Å²) in [5.74, 6) is 1.02. The highest BCUT2D eigenvalue weighted by molar-refractivity contribution is 4.68. The second kappa shape index (κ2) is 8.25. The lowest BCUT2D eigenvalue weighted by Crippen LogP contribution is -2.27. The van der Waals surface area contributed by atoms with E-state index in [9.17, 15) is 0 Å². The molecule has 1 heterocycles. The highest BCUT2D eigenvalue weighted by Crippen LogP contribution is 2.19. The molecule has 14 heavy (non-hydrogen) atoms. The number of nitrogens with two attached hydrogens (primary N) is 1. The monoisotopic (exact) mass is 198 g/mol. The van der Waals surface area contributed by atoms with E-state index in [1.807, 2.05) is 0 Å².